The minimum absolute atomic E-state index is 0.680. The lowest BCUT2D eigenvalue weighted by Crippen LogP contribution is -2.44. The molecule has 0 radical (unpaired) electrons. The highest BCUT2D eigenvalue weighted by Gasteiger charge is 2.21. The van der Waals surface area contributed by atoms with Crippen molar-refractivity contribution < 1.29 is 0 Å². The molecule has 3 rings (SSSR count). The van der Waals surface area contributed by atoms with Gasteiger partial charge in [0.2, 0.25) is 0 Å². The van der Waals surface area contributed by atoms with E-state index in [9.17, 15) is 0 Å². The second kappa shape index (κ2) is 5.22. The fourth-order valence-corrected chi connectivity index (χ4v) is 3.01. The van der Waals surface area contributed by atoms with Gasteiger partial charge < -0.3 is 9.80 Å². The lowest BCUT2D eigenvalue weighted by atomic mass is 10.0. The van der Waals surface area contributed by atoms with E-state index in [-0.39, 0.29) is 0 Å². The molecule has 2 heterocycles. The molecule has 1 aliphatic heterocycles. The molecule has 1 aromatic heterocycles. The zero-order chi connectivity index (χ0) is 12.4. The highest BCUT2D eigenvalue weighted by molar-refractivity contribution is 5.40. The van der Waals surface area contributed by atoms with Crippen LogP contribution in [0.3, 0.4) is 0 Å². The maximum atomic E-state index is 4.48. The van der Waals surface area contributed by atoms with Gasteiger partial charge in [-0.2, -0.15) is 0 Å². The van der Waals surface area contributed by atoms with Gasteiger partial charge in [0.05, 0.1) is 0 Å². The summed E-state index contributed by atoms with van der Waals surface area (Å²) in [5.74, 6) is 1.80. The van der Waals surface area contributed by atoms with Crippen LogP contribution in [0.5, 0.6) is 0 Å². The first-order valence-electron chi connectivity index (χ1n) is 7.08. The Morgan fingerprint density at radius 2 is 1.78 bits per heavy atom. The van der Waals surface area contributed by atoms with Crippen LogP contribution < -0.4 is 4.90 Å². The quantitative estimate of drug-likeness (QED) is 0.797. The van der Waals surface area contributed by atoms with E-state index in [0.29, 0.717) is 5.92 Å². The van der Waals surface area contributed by atoms with Gasteiger partial charge in [0, 0.05) is 43.9 Å². The van der Waals surface area contributed by atoms with Crippen LogP contribution in [0, 0.1) is 0 Å². The van der Waals surface area contributed by atoms with Crippen molar-refractivity contribution in [2.45, 2.75) is 31.6 Å². The fraction of sp³-hybridized carbons (Fsp3) is 0.714. The summed E-state index contributed by atoms with van der Waals surface area (Å²) in [5.41, 5.74) is 1.26. The summed E-state index contributed by atoms with van der Waals surface area (Å²) >= 11 is 0. The molecule has 0 bridgehead atoms. The van der Waals surface area contributed by atoms with E-state index in [2.05, 4.69) is 32.9 Å². The van der Waals surface area contributed by atoms with Crippen molar-refractivity contribution in [3.63, 3.8) is 0 Å². The van der Waals surface area contributed by atoms with Crippen molar-refractivity contribution in [2.24, 2.45) is 0 Å². The second-order valence-electron chi connectivity index (χ2n) is 5.57. The van der Waals surface area contributed by atoms with Crippen LogP contribution in [0.1, 0.15) is 37.3 Å². The van der Waals surface area contributed by atoms with Crippen molar-refractivity contribution in [1.29, 1.82) is 0 Å². The Kier molecular flexibility index (Phi) is 3.46. The number of rotatable bonds is 2. The van der Waals surface area contributed by atoms with Gasteiger partial charge in [0.1, 0.15) is 12.1 Å². The molecule has 1 aromatic rings. The van der Waals surface area contributed by atoms with E-state index in [0.717, 1.165) is 32.0 Å². The molecule has 0 atom stereocenters. The van der Waals surface area contributed by atoms with E-state index in [1.165, 1.54) is 31.4 Å². The minimum atomic E-state index is 0.680. The van der Waals surface area contributed by atoms with Crippen LogP contribution in [0.15, 0.2) is 12.4 Å². The topological polar surface area (TPSA) is 32.3 Å². The van der Waals surface area contributed by atoms with Gasteiger partial charge in [0.25, 0.3) is 0 Å². The van der Waals surface area contributed by atoms with E-state index in [1.807, 2.05) is 0 Å². The Morgan fingerprint density at radius 1 is 1.06 bits per heavy atom. The molecule has 18 heavy (non-hydrogen) atoms. The Bertz CT molecular complexity index is 393. The third-order valence-corrected chi connectivity index (χ3v) is 4.27. The van der Waals surface area contributed by atoms with E-state index < -0.39 is 0 Å². The van der Waals surface area contributed by atoms with E-state index in [4.69, 9.17) is 0 Å². The summed E-state index contributed by atoms with van der Waals surface area (Å²) in [6, 6.07) is 2.22. The Morgan fingerprint density at radius 3 is 2.50 bits per heavy atom. The van der Waals surface area contributed by atoms with E-state index >= 15 is 0 Å². The van der Waals surface area contributed by atoms with Gasteiger partial charge in [-0.05, 0) is 19.9 Å². The Labute approximate surface area is 109 Å². The predicted octanol–water partition coefficient (Wildman–Crippen LogP) is 1.89. The molecule has 0 amide bonds. The number of hydrogen-bond donors (Lipinski definition) is 0. The first kappa shape index (κ1) is 11.9. The maximum absolute atomic E-state index is 4.48. The standard InChI is InChI=1S/C14H22N4/c1-17-6-8-18(9-7-17)14-10-13(15-11-16-14)12-4-2-3-5-12/h10-12H,2-9H2,1H3. The number of hydrogen-bond acceptors (Lipinski definition) is 4. The molecule has 1 aliphatic carbocycles. The highest BCUT2D eigenvalue weighted by Crippen LogP contribution is 2.33. The number of anilines is 1. The van der Waals surface area contributed by atoms with Crippen molar-refractivity contribution in [3.8, 4) is 0 Å². The summed E-state index contributed by atoms with van der Waals surface area (Å²) in [4.78, 5) is 13.7. The van der Waals surface area contributed by atoms with Gasteiger partial charge in [-0.25, -0.2) is 9.97 Å². The van der Waals surface area contributed by atoms with Crippen LogP contribution in [0.25, 0.3) is 0 Å². The van der Waals surface area contributed by atoms with Crippen molar-refractivity contribution in [2.75, 3.05) is 38.1 Å². The van der Waals surface area contributed by atoms with E-state index in [1.54, 1.807) is 6.33 Å². The smallest absolute Gasteiger partial charge is 0.132 e. The molecule has 2 aliphatic rings. The molecule has 0 spiro atoms. The van der Waals surface area contributed by atoms with Crippen LogP contribution in [0.2, 0.25) is 0 Å². The SMILES string of the molecule is CN1CCN(c2cc(C3CCCC3)ncn2)CC1. The highest BCUT2D eigenvalue weighted by atomic mass is 15.3. The van der Waals surface area contributed by atoms with Gasteiger partial charge in [0.15, 0.2) is 0 Å². The van der Waals surface area contributed by atoms with Crippen molar-refractivity contribution in [3.05, 3.63) is 18.1 Å². The molecule has 0 aromatic carbocycles. The first-order valence-corrected chi connectivity index (χ1v) is 7.08. The maximum Gasteiger partial charge on any atom is 0.132 e. The third-order valence-electron chi connectivity index (χ3n) is 4.27. The molecule has 0 unspecified atom stereocenters. The molecular weight excluding hydrogens is 224 g/mol. The lowest BCUT2D eigenvalue weighted by molar-refractivity contribution is 0.312. The predicted molar refractivity (Wildman–Crippen MR) is 73.0 cm³/mol. The molecule has 0 N–H and O–H groups in total. The zero-order valence-corrected chi connectivity index (χ0v) is 11.2. The average molecular weight is 246 g/mol. The summed E-state index contributed by atoms with van der Waals surface area (Å²) in [7, 11) is 2.18. The minimum Gasteiger partial charge on any atom is -0.354 e. The summed E-state index contributed by atoms with van der Waals surface area (Å²) in [5, 5.41) is 0. The zero-order valence-electron chi connectivity index (χ0n) is 11.2. The van der Waals surface area contributed by atoms with Crippen molar-refractivity contribution in [1.82, 2.24) is 14.9 Å². The summed E-state index contributed by atoms with van der Waals surface area (Å²) in [6.07, 6.45) is 7.08. The molecule has 2 fully saturated rings. The van der Waals surface area contributed by atoms with Crippen LogP contribution in [-0.2, 0) is 0 Å². The normalized spacial score (nSPS) is 22.6. The number of nitrogens with zero attached hydrogens (tertiary/aromatic N) is 4. The number of aromatic nitrogens is 2. The Balaban J connectivity index is 1.74. The van der Waals surface area contributed by atoms with Crippen LogP contribution in [-0.4, -0.2) is 48.1 Å². The molecule has 98 valence electrons. The van der Waals surface area contributed by atoms with Crippen LogP contribution in [0.4, 0.5) is 5.82 Å². The summed E-state index contributed by atoms with van der Waals surface area (Å²) < 4.78 is 0. The molecular formula is C14H22N4. The summed E-state index contributed by atoms with van der Waals surface area (Å²) in [6.45, 7) is 4.42. The van der Waals surface area contributed by atoms with Gasteiger partial charge in [-0.1, -0.05) is 12.8 Å². The number of likely N-dealkylation sites (N-methyl/N-ethyl adjacent to an activating group) is 1. The van der Waals surface area contributed by atoms with Gasteiger partial charge in [-0.15, -0.1) is 0 Å². The molecule has 1 saturated heterocycles. The Hall–Kier alpha value is -1.16. The molecule has 4 heteroatoms. The molecule has 1 saturated carbocycles. The van der Waals surface area contributed by atoms with Crippen molar-refractivity contribution >= 4 is 5.82 Å². The molecule has 4 nitrogen and oxygen atoms in total. The second-order valence-corrected chi connectivity index (χ2v) is 5.57. The fourth-order valence-electron chi connectivity index (χ4n) is 3.01. The van der Waals surface area contributed by atoms with Gasteiger partial charge in [-0.3, -0.25) is 0 Å². The average Bonchev–Trinajstić information content (AvgIpc) is 2.94. The lowest BCUT2D eigenvalue weighted by Gasteiger charge is -2.33. The monoisotopic (exact) mass is 246 g/mol. The number of piperazine rings is 1. The third kappa shape index (κ3) is 2.48. The largest absolute Gasteiger partial charge is 0.354 e. The van der Waals surface area contributed by atoms with Crippen LogP contribution >= 0.6 is 0 Å². The van der Waals surface area contributed by atoms with Gasteiger partial charge >= 0.3 is 0 Å². The first-order chi connectivity index (χ1) is 8.83.